The highest BCUT2D eigenvalue weighted by molar-refractivity contribution is 8.01. The molecule has 0 saturated heterocycles. The molecular weight excluding hydrogens is 304 g/mol. The summed E-state index contributed by atoms with van der Waals surface area (Å²) < 4.78 is 5.21. The van der Waals surface area contributed by atoms with Gasteiger partial charge >= 0.3 is 5.97 Å². The van der Waals surface area contributed by atoms with E-state index in [1.165, 1.54) is 11.5 Å². The third-order valence-electron chi connectivity index (χ3n) is 4.35. The molecule has 0 aromatic carbocycles. The SMILES string of the molecule is CCc1nsc(SC2CC(C(C)(C)C)CCC2C(=O)O)n1. The number of nitrogens with zero attached hydrogens (tertiary/aromatic N) is 2. The zero-order valence-electron chi connectivity index (χ0n) is 13.1. The molecular formula is C15H24N2O2S2. The van der Waals surface area contributed by atoms with Crippen molar-refractivity contribution in [2.24, 2.45) is 17.3 Å². The van der Waals surface area contributed by atoms with E-state index in [9.17, 15) is 9.90 Å². The lowest BCUT2D eigenvalue weighted by atomic mass is 9.69. The summed E-state index contributed by atoms with van der Waals surface area (Å²) in [5.74, 6) is 0.504. The van der Waals surface area contributed by atoms with E-state index in [0.29, 0.717) is 5.92 Å². The number of hydrogen-bond acceptors (Lipinski definition) is 5. The second kappa shape index (κ2) is 6.65. The molecule has 0 aliphatic heterocycles. The van der Waals surface area contributed by atoms with Gasteiger partial charge in [-0.25, -0.2) is 4.98 Å². The summed E-state index contributed by atoms with van der Waals surface area (Å²) in [6.07, 6.45) is 3.56. The highest BCUT2D eigenvalue weighted by Crippen LogP contribution is 2.46. The first-order chi connectivity index (χ1) is 9.81. The van der Waals surface area contributed by atoms with Gasteiger partial charge < -0.3 is 5.11 Å². The fourth-order valence-electron chi connectivity index (χ4n) is 2.89. The molecule has 1 heterocycles. The Morgan fingerprint density at radius 1 is 1.43 bits per heavy atom. The van der Waals surface area contributed by atoms with Gasteiger partial charge in [0.25, 0.3) is 0 Å². The molecule has 0 spiro atoms. The number of carboxylic acids is 1. The van der Waals surface area contributed by atoms with Crippen LogP contribution in [-0.4, -0.2) is 25.7 Å². The average molecular weight is 329 g/mol. The highest BCUT2D eigenvalue weighted by atomic mass is 32.2. The summed E-state index contributed by atoms with van der Waals surface area (Å²) in [5, 5.41) is 9.59. The number of aryl methyl sites for hydroxylation is 1. The van der Waals surface area contributed by atoms with Crippen LogP contribution in [-0.2, 0) is 11.2 Å². The van der Waals surface area contributed by atoms with Crippen molar-refractivity contribution in [2.45, 2.75) is 63.0 Å². The lowest BCUT2D eigenvalue weighted by Crippen LogP contribution is -2.37. The fourth-order valence-corrected chi connectivity index (χ4v) is 5.20. The second-order valence-electron chi connectivity index (χ2n) is 6.81. The zero-order chi connectivity index (χ0) is 15.6. The normalized spacial score (nSPS) is 26.8. The first-order valence-electron chi connectivity index (χ1n) is 7.53. The van der Waals surface area contributed by atoms with Crippen LogP contribution in [0.4, 0.5) is 0 Å². The topological polar surface area (TPSA) is 63.1 Å². The average Bonchev–Trinajstić information content (AvgIpc) is 2.85. The van der Waals surface area contributed by atoms with Crippen LogP contribution in [0, 0.1) is 17.3 Å². The Bertz CT molecular complexity index is 496. The van der Waals surface area contributed by atoms with Gasteiger partial charge in [-0.05, 0) is 42.1 Å². The van der Waals surface area contributed by atoms with Gasteiger partial charge in [-0.15, -0.1) is 0 Å². The van der Waals surface area contributed by atoms with Gasteiger partial charge in [0.2, 0.25) is 0 Å². The maximum atomic E-state index is 11.5. The molecule has 1 aromatic rings. The van der Waals surface area contributed by atoms with Crippen molar-refractivity contribution in [2.75, 3.05) is 0 Å². The maximum absolute atomic E-state index is 11.5. The molecule has 1 saturated carbocycles. The molecule has 1 aliphatic carbocycles. The van der Waals surface area contributed by atoms with Crippen molar-refractivity contribution in [1.82, 2.24) is 9.36 Å². The number of thioether (sulfide) groups is 1. The summed E-state index contributed by atoms with van der Waals surface area (Å²) in [4.78, 5) is 16.0. The number of hydrogen-bond donors (Lipinski definition) is 1. The van der Waals surface area contributed by atoms with Crippen LogP contribution in [0.3, 0.4) is 0 Å². The molecule has 1 fully saturated rings. The molecule has 2 rings (SSSR count). The Morgan fingerprint density at radius 2 is 2.14 bits per heavy atom. The number of aromatic nitrogens is 2. The lowest BCUT2D eigenvalue weighted by Gasteiger charge is -2.39. The Hall–Kier alpha value is -0.620. The summed E-state index contributed by atoms with van der Waals surface area (Å²) in [6, 6.07) is 0. The molecule has 0 radical (unpaired) electrons. The monoisotopic (exact) mass is 328 g/mol. The van der Waals surface area contributed by atoms with E-state index in [0.717, 1.165) is 35.8 Å². The molecule has 118 valence electrons. The summed E-state index contributed by atoms with van der Waals surface area (Å²) in [5.41, 5.74) is 0.234. The molecule has 1 N–H and O–H groups in total. The molecule has 4 nitrogen and oxygen atoms in total. The van der Waals surface area contributed by atoms with Crippen molar-refractivity contribution in [3.05, 3.63) is 5.82 Å². The molecule has 0 bridgehead atoms. The third-order valence-corrected chi connectivity index (χ3v) is 6.53. The zero-order valence-corrected chi connectivity index (χ0v) is 14.8. The number of carbonyl (C=O) groups is 1. The van der Waals surface area contributed by atoms with E-state index in [-0.39, 0.29) is 16.6 Å². The van der Waals surface area contributed by atoms with E-state index >= 15 is 0 Å². The van der Waals surface area contributed by atoms with Gasteiger partial charge in [0, 0.05) is 11.7 Å². The first kappa shape index (κ1) is 16.7. The quantitative estimate of drug-likeness (QED) is 0.901. The minimum Gasteiger partial charge on any atom is -0.481 e. The molecule has 1 aromatic heterocycles. The summed E-state index contributed by atoms with van der Waals surface area (Å²) in [6.45, 7) is 8.79. The van der Waals surface area contributed by atoms with Gasteiger partial charge in [-0.1, -0.05) is 39.5 Å². The molecule has 21 heavy (non-hydrogen) atoms. The Kier molecular flexibility index (Phi) is 5.30. The van der Waals surface area contributed by atoms with Gasteiger partial charge in [0.15, 0.2) is 4.34 Å². The Labute approximate surface area is 134 Å². The summed E-state index contributed by atoms with van der Waals surface area (Å²) >= 11 is 3.02. The molecule has 0 amide bonds. The van der Waals surface area contributed by atoms with E-state index in [1.807, 2.05) is 6.92 Å². The smallest absolute Gasteiger partial charge is 0.307 e. The molecule has 6 heteroatoms. The van der Waals surface area contributed by atoms with Crippen molar-refractivity contribution < 1.29 is 9.90 Å². The van der Waals surface area contributed by atoms with Crippen LogP contribution < -0.4 is 0 Å². The fraction of sp³-hybridized carbons (Fsp3) is 0.800. The highest BCUT2D eigenvalue weighted by Gasteiger charge is 2.39. The summed E-state index contributed by atoms with van der Waals surface area (Å²) in [7, 11) is 0. The lowest BCUT2D eigenvalue weighted by molar-refractivity contribution is -0.143. The third kappa shape index (κ3) is 4.19. The molecule has 1 aliphatic rings. The van der Waals surface area contributed by atoms with E-state index < -0.39 is 5.97 Å². The molecule has 3 atom stereocenters. The standard InChI is InChI=1S/C15H24N2O2S2/c1-5-12-16-14(21-17-12)20-11-8-9(15(2,3)4)6-7-10(11)13(18)19/h9-11H,5-8H2,1-4H3,(H,18,19). The van der Waals surface area contributed by atoms with Crippen LogP contribution in [0.25, 0.3) is 0 Å². The Balaban J connectivity index is 2.12. The van der Waals surface area contributed by atoms with Crippen LogP contribution >= 0.6 is 23.3 Å². The van der Waals surface area contributed by atoms with Crippen LogP contribution in [0.1, 0.15) is 52.8 Å². The van der Waals surface area contributed by atoms with Gasteiger partial charge in [0.1, 0.15) is 5.82 Å². The number of aliphatic carboxylic acids is 1. The van der Waals surface area contributed by atoms with Gasteiger partial charge in [0.05, 0.1) is 5.92 Å². The van der Waals surface area contributed by atoms with Crippen molar-refractivity contribution in [3.8, 4) is 0 Å². The van der Waals surface area contributed by atoms with Crippen LogP contribution in [0.5, 0.6) is 0 Å². The van der Waals surface area contributed by atoms with Gasteiger partial charge in [-0.3, -0.25) is 4.79 Å². The first-order valence-corrected chi connectivity index (χ1v) is 9.18. The van der Waals surface area contributed by atoms with E-state index in [2.05, 4.69) is 30.1 Å². The van der Waals surface area contributed by atoms with E-state index in [4.69, 9.17) is 0 Å². The minimum atomic E-state index is -0.667. The second-order valence-corrected chi connectivity index (χ2v) is 9.05. The molecule has 3 unspecified atom stereocenters. The number of rotatable bonds is 4. The van der Waals surface area contributed by atoms with Crippen molar-refractivity contribution in [1.29, 1.82) is 0 Å². The van der Waals surface area contributed by atoms with Crippen molar-refractivity contribution >= 4 is 29.3 Å². The van der Waals surface area contributed by atoms with Crippen molar-refractivity contribution in [3.63, 3.8) is 0 Å². The van der Waals surface area contributed by atoms with Crippen LogP contribution in [0.15, 0.2) is 4.34 Å². The minimum absolute atomic E-state index is 0.109. The Morgan fingerprint density at radius 3 is 2.67 bits per heavy atom. The largest absolute Gasteiger partial charge is 0.481 e. The van der Waals surface area contributed by atoms with Crippen LogP contribution in [0.2, 0.25) is 0 Å². The predicted octanol–water partition coefficient (Wildman–Crippen LogP) is 4.11. The predicted molar refractivity (Wildman–Crippen MR) is 86.9 cm³/mol. The van der Waals surface area contributed by atoms with Gasteiger partial charge in [-0.2, -0.15) is 4.37 Å². The maximum Gasteiger partial charge on any atom is 0.307 e. The van der Waals surface area contributed by atoms with E-state index in [1.54, 1.807) is 11.8 Å². The number of carboxylic acid groups (broad SMARTS) is 1.